The van der Waals surface area contributed by atoms with E-state index in [0.29, 0.717) is 0 Å². The number of benzene rings is 1. The molecule has 1 aliphatic rings. The minimum atomic E-state index is -0.325. The van der Waals surface area contributed by atoms with E-state index in [-0.39, 0.29) is 11.2 Å². The number of nitrogens with zero attached hydrogens (tertiary/aromatic N) is 2. The van der Waals surface area contributed by atoms with Gasteiger partial charge in [0.15, 0.2) is 5.78 Å². The van der Waals surface area contributed by atoms with Crippen molar-refractivity contribution in [3.05, 3.63) is 35.9 Å². The standard InChI is InChI=1S/C18H28N2O/c1-4-10-19-11-13-20(14-12-19)15-18(2,3)17(21)16-8-6-5-7-9-16/h5-9H,4,10-15H2,1-3H3. The second kappa shape index (κ2) is 7.19. The van der Waals surface area contributed by atoms with Crippen LogP contribution in [0.4, 0.5) is 0 Å². The molecule has 0 saturated carbocycles. The molecule has 0 amide bonds. The first-order chi connectivity index (χ1) is 10.0. The minimum absolute atomic E-state index is 0.249. The Morgan fingerprint density at radius 3 is 2.19 bits per heavy atom. The van der Waals surface area contributed by atoms with Crippen molar-refractivity contribution in [3.8, 4) is 0 Å². The Morgan fingerprint density at radius 1 is 1.05 bits per heavy atom. The summed E-state index contributed by atoms with van der Waals surface area (Å²) < 4.78 is 0. The molecular formula is C18H28N2O. The van der Waals surface area contributed by atoms with E-state index in [1.165, 1.54) is 13.0 Å². The summed E-state index contributed by atoms with van der Waals surface area (Å²) in [6.45, 7) is 12.8. The molecule has 0 atom stereocenters. The molecular weight excluding hydrogens is 260 g/mol. The van der Waals surface area contributed by atoms with Gasteiger partial charge in [-0.05, 0) is 13.0 Å². The van der Waals surface area contributed by atoms with Crippen LogP contribution in [0.5, 0.6) is 0 Å². The summed E-state index contributed by atoms with van der Waals surface area (Å²) in [5.74, 6) is 0.249. The Hall–Kier alpha value is -1.19. The van der Waals surface area contributed by atoms with Gasteiger partial charge < -0.3 is 4.90 Å². The van der Waals surface area contributed by atoms with E-state index in [2.05, 4.69) is 30.6 Å². The third-order valence-electron chi connectivity index (χ3n) is 4.27. The zero-order chi connectivity index (χ0) is 15.3. The third-order valence-corrected chi connectivity index (χ3v) is 4.27. The highest BCUT2D eigenvalue weighted by Gasteiger charge is 2.31. The lowest BCUT2D eigenvalue weighted by atomic mass is 9.83. The highest BCUT2D eigenvalue weighted by molar-refractivity contribution is 6.00. The second-order valence-corrected chi connectivity index (χ2v) is 6.70. The van der Waals surface area contributed by atoms with Crippen molar-refractivity contribution in [2.45, 2.75) is 27.2 Å². The van der Waals surface area contributed by atoms with Crippen molar-refractivity contribution in [2.24, 2.45) is 5.41 Å². The summed E-state index contributed by atoms with van der Waals surface area (Å²) in [6, 6.07) is 9.67. The monoisotopic (exact) mass is 288 g/mol. The average molecular weight is 288 g/mol. The molecule has 0 radical (unpaired) electrons. The van der Waals surface area contributed by atoms with Gasteiger partial charge >= 0.3 is 0 Å². The van der Waals surface area contributed by atoms with Crippen molar-refractivity contribution in [3.63, 3.8) is 0 Å². The van der Waals surface area contributed by atoms with E-state index >= 15 is 0 Å². The zero-order valence-electron chi connectivity index (χ0n) is 13.6. The number of hydrogen-bond acceptors (Lipinski definition) is 3. The van der Waals surface area contributed by atoms with Gasteiger partial charge in [0, 0.05) is 43.7 Å². The maximum Gasteiger partial charge on any atom is 0.169 e. The number of ketones is 1. The van der Waals surface area contributed by atoms with Crippen LogP contribution in [0, 0.1) is 5.41 Å². The highest BCUT2D eigenvalue weighted by atomic mass is 16.1. The topological polar surface area (TPSA) is 23.6 Å². The van der Waals surface area contributed by atoms with E-state index in [4.69, 9.17) is 0 Å². The van der Waals surface area contributed by atoms with E-state index in [9.17, 15) is 4.79 Å². The van der Waals surface area contributed by atoms with Gasteiger partial charge in [0.05, 0.1) is 0 Å². The Morgan fingerprint density at radius 2 is 1.62 bits per heavy atom. The third kappa shape index (κ3) is 4.39. The number of carbonyl (C=O) groups is 1. The van der Waals surface area contributed by atoms with Crippen molar-refractivity contribution >= 4 is 5.78 Å². The van der Waals surface area contributed by atoms with Crippen LogP contribution < -0.4 is 0 Å². The molecule has 3 heteroatoms. The van der Waals surface area contributed by atoms with Crippen molar-refractivity contribution in [1.29, 1.82) is 0 Å². The molecule has 0 N–H and O–H groups in total. The van der Waals surface area contributed by atoms with E-state index in [0.717, 1.165) is 38.3 Å². The quantitative estimate of drug-likeness (QED) is 0.752. The van der Waals surface area contributed by atoms with Crippen LogP contribution in [0.2, 0.25) is 0 Å². The lowest BCUT2D eigenvalue weighted by Crippen LogP contribution is -2.50. The maximum atomic E-state index is 12.7. The first kappa shape index (κ1) is 16.2. The van der Waals surface area contributed by atoms with Crippen LogP contribution in [0.15, 0.2) is 30.3 Å². The maximum absolute atomic E-state index is 12.7. The molecule has 1 aliphatic heterocycles. The number of hydrogen-bond donors (Lipinski definition) is 0. The van der Waals surface area contributed by atoms with Crippen LogP contribution >= 0.6 is 0 Å². The smallest absolute Gasteiger partial charge is 0.169 e. The average Bonchev–Trinajstić information content (AvgIpc) is 2.49. The van der Waals surface area contributed by atoms with Crippen LogP contribution in [-0.4, -0.2) is 54.9 Å². The van der Waals surface area contributed by atoms with Crippen molar-refractivity contribution in [2.75, 3.05) is 39.3 Å². The molecule has 2 rings (SSSR count). The fourth-order valence-electron chi connectivity index (χ4n) is 3.10. The Kier molecular flexibility index (Phi) is 5.54. The molecule has 0 bridgehead atoms. The molecule has 3 nitrogen and oxygen atoms in total. The number of Topliss-reactive ketones (excluding diaryl/α,β-unsaturated/α-hetero) is 1. The molecule has 1 aromatic carbocycles. The van der Waals surface area contributed by atoms with E-state index in [1.807, 2.05) is 30.3 Å². The molecule has 0 aliphatic carbocycles. The fraction of sp³-hybridized carbons (Fsp3) is 0.611. The lowest BCUT2D eigenvalue weighted by Gasteiger charge is -2.38. The van der Waals surface area contributed by atoms with Crippen molar-refractivity contribution in [1.82, 2.24) is 9.80 Å². The fourth-order valence-corrected chi connectivity index (χ4v) is 3.10. The van der Waals surface area contributed by atoms with E-state index < -0.39 is 0 Å². The summed E-state index contributed by atoms with van der Waals surface area (Å²) in [6.07, 6.45) is 1.22. The SMILES string of the molecule is CCCN1CCN(CC(C)(C)C(=O)c2ccccc2)CC1. The summed E-state index contributed by atoms with van der Waals surface area (Å²) in [5, 5.41) is 0. The number of piperazine rings is 1. The number of rotatable bonds is 6. The van der Waals surface area contributed by atoms with Gasteiger partial charge in [-0.2, -0.15) is 0 Å². The van der Waals surface area contributed by atoms with Gasteiger partial charge in [0.2, 0.25) is 0 Å². The molecule has 1 fully saturated rings. The van der Waals surface area contributed by atoms with Gasteiger partial charge in [-0.15, -0.1) is 0 Å². The first-order valence-corrected chi connectivity index (χ1v) is 8.07. The van der Waals surface area contributed by atoms with E-state index in [1.54, 1.807) is 0 Å². The molecule has 0 spiro atoms. The summed E-state index contributed by atoms with van der Waals surface area (Å²) >= 11 is 0. The Bertz CT molecular complexity index is 448. The van der Waals surface area contributed by atoms with Gasteiger partial charge in [-0.25, -0.2) is 0 Å². The summed E-state index contributed by atoms with van der Waals surface area (Å²) in [7, 11) is 0. The minimum Gasteiger partial charge on any atom is -0.301 e. The van der Waals surface area contributed by atoms with Gasteiger partial charge in [0.1, 0.15) is 0 Å². The van der Waals surface area contributed by atoms with Gasteiger partial charge in [0.25, 0.3) is 0 Å². The zero-order valence-corrected chi connectivity index (χ0v) is 13.6. The van der Waals surface area contributed by atoms with Crippen molar-refractivity contribution < 1.29 is 4.79 Å². The molecule has 0 unspecified atom stereocenters. The first-order valence-electron chi connectivity index (χ1n) is 8.07. The van der Waals surface area contributed by atoms with Crippen LogP contribution in [0.25, 0.3) is 0 Å². The lowest BCUT2D eigenvalue weighted by molar-refractivity contribution is 0.0669. The molecule has 21 heavy (non-hydrogen) atoms. The summed E-state index contributed by atoms with van der Waals surface area (Å²) in [5.41, 5.74) is 0.501. The van der Waals surface area contributed by atoms with Crippen LogP contribution in [0.1, 0.15) is 37.6 Å². The molecule has 0 aromatic heterocycles. The molecule has 1 saturated heterocycles. The summed E-state index contributed by atoms with van der Waals surface area (Å²) in [4.78, 5) is 17.6. The predicted octanol–water partition coefficient (Wildman–Crippen LogP) is 2.92. The molecule has 116 valence electrons. The normalized spacial score (nSPS) is 17.9. The highest BCUT2D eigenvalue weighted by Crippen LogP contribution is 2.24. The molecule has 1 aromatic rings. The molecule has 1 heterocycles. The second-order valence-electron chi connectivity index (χ2n) is 6.70. The number of carbonyl (C=O) groups excluding carboxylic acids is 1. The van der Waals surface area contributed by atoms with Gasteiger partial charge in [-0.3, -0.25) is 9.69 Å². The predicted molar refractivity (Wildman–Crippen MR) is 87.7 cm³/mol. The largest absolute Gasteiger partial charge is 0.301 e. The Balaban J connectivity index is 1.91. The Labute approximate surface area is 128 Å². The van der Waals surface area contributed by atoms with Crippen LogP contribution in [-0.2, 0) is 0 Å². The van der Waals surface area contributed by atoms with Crippen LogP contribution in [0.3, 0.4) is 0 Å². The van der Waals surface area contributed by atoms with Gasteiger partial charge in [-0.1, -0.05) is 51.1 Å².